The number of carbonyl (C=O) groups excluding carboxylic acids is 2. The van der Waals surface area contributed by atoms with Crippen LogP contribution in [0.15, 0.2) is 89.5 Å². The van der Waals surface area contributed by atoms with Crippen LogP contribution < -0.4 is 19.5 Å². The van der Waals surface area contributed by atoms with E-state index in [-0.39, 0.29) is 31.4 Å². The smallest absolute Gasteiger partial charge is 0.349 e. The van der Waals surface area contributed by atoms with Crippen molar-refractivity contribution in [1.82, 2.24) is 5.32 Å². The quantitative estimate of drug-likeness (QED) is 0.317. The summed E-state index contributed by atoms with van der Waals surface area (Å²) in [5, 5.41) is 3.53. The van der Waals surface area contributed by atoms with Crippen LogP contribution in [0.5, 0.6) is 17.2 Å². The summed E-state index contributed by atoms with van der Waals surface area (Å²) in [7, 11) is 0. The van der Waals surface area contributed by atoms with Crippen LogP contribution in [0, 0.1) is 0 Å². The highest BCUT2D eigenvalue weighted by Gasteiger charge is 2.15. The topological polar surface area (TPSA) is 87.0 Å². The summed E-state index contributed by atoms with van der Waals surface area (Å²) in [5.41, 5.74) is 1.18. The van der Waals surface area contributed by atoms with Crippen LogP contribution in [-0.4, -0.2) is 25.1 Å². The minimum absolute atomic E-state index is 0.0932. The van der Waals surface area contributed by atoms with Crippen molar-refractivity contribution in [3.63, 3.8) is 0 Å². The monoisotopic (exact) mass is 431 g/mol. The van der Waals surface area contributed by atoms with Gasteiger partial charge in [0.2, 0.25) is 0 Å². The van der Waals surface area contributed by atoms with Crippen LogP contribution in [-0.2, 0) is 16.1 Å². The first-order chi connectivity index (χ1) is 15.7. The van der Waals surface area contributed by atoms with Crippen LogP contribution in [0.3, 0.4) is 0 Å². The van der Waals surface area contributed by atoms with E-state index in [0.717, 1.165) is 10.9 Å². The molecule has 162 valence electrons. The van der Waals surface area contributed by atoms with E-state index in [4.69, 9.17) is 18.6 Å². The first kappa shape index (κ1) is 21.0. The molecule has 7 heteroatoms. The van der Waals surface area contributed by atoms with Crippen molar-refractivity contribution in [2.24, 2.45) is 0 Å². The third kappa shape index (κ3) is 5.46. The molecule has 0 bridgehead atoms. The minimum Gasteiger partial charge on any atom is -0.484 e. The summed E-state index contributed by atoms with van der Waals surface area (Å²) < 4.78 is 21.9. The largest absolute Gasteiger partial charge is 0.484 e. The van der Waals surface area contributed by atoms with Gasteiger partial charge in [-0.05, 0) is 30.3 Å². The molecule has 0 saturated heterocycles. The Morgan fingerprint density at radius 2 is 1.44 bits per heavy atom. The average molecular weight is 431 g/mol. The maximum absolute atomic E-state index is 12.2. The Hall–Kier alpha value is -4.26. The SMILES string of the molecule is O=C(COc1ccccc1)NCc1coc2c(OC(=O)COc3ccccc3)cccc12. The van der Waals surface area contributed by atoms with Gasteiger partial charge in [-0.1, -0.05) is 48.5 Å². The van der Waals surface area contributed by atoms with E-state index in [1.165, 1.54) is 6.26 Å². The van der Waals surface area contributed by atoms with Gasteiger partial charge in [0.1, 0.15) is 11.5 Å². The summed E-state index contributed by atoms with van der Waals surface area (Å²) in [5.74, 6) is 0.678. The highest BCUT2D eigenvalue weighted by molar-refractivity contribution is 5.89. The normalized spacial score (nSPS) is 10.5. The number of amides is 1. The Morgan fingerprint density at radius 1 is 0.781 bits per heavy atom. The molecule has 0 aliphatic carbocycles. The molecule has 1 amide bonds. The lowest BCUT2D eigenvalue weighted by molar-refractivity contribution is -0.136. The molecule has 1 N–H and O–H groups in total. The number of esters is 1. The number of hydrogen-bond donors (Lipinski definition) is 1. The molecule has 0 radical (unpaired) electrons. The molecule has 0 atom stereocenters. The Kier molecular flexibility index (Phi) is 6.67. The number of furan rings is 1. The highest BCUT2D eigenvalue weighted by atomic mass is 16.6. The third-order valence-corrected chi connectivity index (χ3v) is 4.56. The van der Waals surface area contributed by atoms with Crippen LogP contribution >= 0.6 is 0 Å². The molecule has 0 unspecified atom stereocenters. The molecule has 0 fully saturated rings. The molecular formula is C25H21NO6. The van der Waals surface area contributed by atoms with Crippen molar-refractivity contribution >= 4 is 22.8 Å². The second-order valence-corrected chi connectivity index (χ2v) is 6.85. The molecule has 32 heavy (non-hydrogen) atoms. The van der Waals surface area contributed by atoms with Crippen LogP contribution in [0.1, 0.15) is 5.56 Å². The summed E-state index contributed by atoms with van der Waals surface area (Å²) in [6.45, 7) is -0.0754. The van der Waals surface area contributed by atoms with E-state index in [1.54, 1.807) is 36.4 Å². The molecule has 0 aliphatic heterocycles. The fraction of sp³-hybridized carbons (Fsp3) is 0.120. The molecule has 0 spiro atoms. The zero-order valence-electron chi connectivity index (χ0n) is 17.2. The Bertz CT molecular complexity index is 1190. The van der Waals surface area contributed by atoms with E-state index in [2.05, 4.69) is 5.32 Å². The van der Waals surface area contributed by atoms with Gasteiger partial charge >= 0.3 is 5.97 Å². The lowest BCUT2D eigenvalue weighted by atomic mass is 10.1. The van der Waals surface area contributed by atoms with E-state index in [0.29, 0.717) is 17.1 Å². The van der Waals surface area contributed by atoms with E-state index >= 15 is 0 Å². The summed E-state index contributed by atoms with van der Waals surface area (Å²) in [6, 6.07) is 23.3. The van der Waals surface area contributed by atoms with Gasteiger partial charge < -0.3 is 23.9 Å². The van der Waals surface area contributed by atoms with Crippen molar-refractivity contribution in [1.29, 1.82) is 0 Å². The van der Waals surface area contributed by atoms with E-state index in [1.807, 2.05) is 42.5 Å². The summed E-state index contributed by atoms with van der Waals surface area (Å²) >= 11 is 0. The predicted octanol–water partition coefficient (Wildman–Crippen LogP) is 4.11. The zero-order valence-corrected chi connectivity index (χ0v) is 17.2. The highest BCUT2D eigenvalue weighted by Crippen LogP contribution is 2.30. The van der Waals surface area contributed by atoms with Crippen molar-refractivity contribution in [2.75, 3.05) is 13.2 Å². The van der Waals surface area contributed by atoms with Gasteiger partial charge in [0.25, 0.3) is 5.91 Å². The molecule has 0 saturated carbocycles. The summed E-state index contributed by atoms with van der Waals surface area (Å²) in [4.78, 5) is 24.3. The Balaban J connectivity index is 1.33. The predicted molar refractivity (Wildman–Crippen MR) is 118 cm³/mol. The Labute approximate surface area is 184 Å². The second-order valence-electron chi connectivity index (χ2n) is 6.85. The first-order valence-electron chi connectivity index (χ1n) is 10.0. The maximum atomic E-state index is 12.2. The average Bonchev–Trinajstić information content (AvgIpc) is 3.25. The van der Waals surface area contributed by atoms with E-state index < -0.39 is 5.97 Å². The molecule has 1 aromatic heterocycles. The van der Waals surface area contributed by atoms with Gasteiger partial charge in [-0.15, -0.1) is 0 Å². The summed E-state index contributed by atoms with van der Waals surface area (Å²) in [6.07, 6.45) is 1.53. The number of para-hydroxylation sites is 3. The van der Waals surface area contributed by atoms with Crippen molar-refractivity contribution in [3.8, 4) is 17.2 Å². The van der Waals surface area contributed by atoms with E-state index in [9.17, 15) is 9.59 Å². The minimum atomic E-state index is -0.550. The lowest BCUT2D eigenvalue weighted by Gasteiger charge is -2.08. The number of nitrogens with one attached hydrogen (secondary N) is 1. The van der Waals surface area contributed by atoms with Gasteiger partial charge in [-0.25, -0.2) is 4.79 Å². The Morgan fingerprint density at radius 3 is 2.12 bits per heavy atom. The lowest BCUT2D eigenvalue weighted by Crippen LogP contribution is -2.28. The van der Waals surface area contributed by atoms with Gasteiger partial charge in [0.05, 0.1) is 6.26 Å². The van der Waals surface area contributed by atoms with Crippen molar-refractivity contribution in [2.45, 2.75) is 6.54 Å². The number of rotatable bonds is 9. The third-order valence-electron chi connectivity index (χ3n) is 4.56. The number of hydrogen-bond acceptors (Lipinski definition) is 6. The molecule has 3 aromatic carbocycles. The van der Waals surface area contributed by atoms with Gasteiger partial charge in [-0.2, -0.15) is 0 Å². The van der Waals surface area contributed by atoms with Gasteiger partial charge in [0, 0.05) is 17.5 Å². The first-order valence-corrected chi connectivity index (χ1v) is 10.0. The fourth-order valence-corrected chi connectivity index (χ4v) is 3.02. The molecule has 0 aliphatic rings. The standard InChI is InChI=1S/C25H21NO6/c27-23(16-29-19-8-3-1-4-9-19)26-14-18-15-31-25-21(18)12-7-13-22(25)32-24(28)17-30-20-10-5-2-6-11-20/h1-13,15H,14,16-17H2,(H,26,27). The number of carbonyl (C=O) groups is 2. The second kappa shape index (κ2) is 10.2. The number of fused-ring (bicyclic) bond motifs is 1. The van der Waals surface area contributed by atoms with Gasteiger partial charge in [-0.3, -0.25) is 4.79 Å². The number of benzene rings is 3. The molecule has 4 aromatic rings. The molecule has 4 rings (SSSR count). The number of ether oxygens (including phenoxy) is 3. The van der Waals surface area contributed by atoms with Crippen LogP contribution in [0.2, 0.25) is 0 Å². The molecule has 7 nitrogen and oxygen atoms in total. The molecule has 1 heterocycles. The molecular weight excluding hydrogens is 410 g/mol. The van der Waals surface area contributed by atoms with Gasteiger partial charge in [0.15, 0.2) is 24.5 Å². The zero-order chi connectivity index (χ0) is 22.2. The van der Waals surface area contributed by atoms with Crippen LogP contribution in [0.25, 0.3) is 11.0 Å². The van der Waals surface area contributed by atoms with Crippen molar-refractivity contribution < 1.29 is 28.2 Å². The van der Waals surface area contributed by atoms with Crippen molar-refractivity contribution in [3.05, 3.63) is 90.7 Å². The van der Waals surface area contributed by atoms with Crippen LogP contribution in [0.4, 0.5) is 0 Å². The maximum Gasteiger partial charge on any atom is 0.349 e. The fourth-order valence-electron chi connectivity index (χ4n) is 3.02.